The fraction of sp³-hybridized carbons (Fsp3) is 0.571. The first-order valence-electron chi connectivity index (χ1n) is 6.59. The van der Waals surface area contributed by atoms with Crippen LogP contribution < -0.4 is 10.6 Å². The van der Waals surface area contributed by atoms with Crippen molar-refractivity contribution in [1.82, 2.24) is 0 Å². The lowest BCUT2D eigenvalue weighted by Gasteiger charge is -2.26. The number of likely N-dealkylation sites (N-methyl/N-ethyl adjacent to an activating group) is 1. The smallest absolute Gasteiger partial charge is 0.123 e. The second-order valence-electron chi connectivity index (χ2n) is 4.71. The molecule has 0 bridgehead atoms. The van der Waals surface area contributed by atoms with Crippen molar-refractivity contribution in [2.75, 3.05) is 24.5 Å². The average Bonchev–Trinajstić information content (AvgIpc) is 2.85. The maximum absolute atomic E-state index is 12.9. The molecule has 4 heteroatoms. The van der Waals surface area contributed by atoms with Crippen molar-refractivity contribution in [3.05, 3.63) is 30.1 Å². The highest BCUT2D eigenvalue weighted by Crippen LogP contribution is 2.22. The van der Waals surface area contributed by atoms with Crippen molar-refractivity contribution in [3.63, 3.8) is 0 Å². The van der Waals surface area contributed by atoms with Crippen LogP contribution in [0.4, 0.5) is 10.1 Å². The predicted molar refractivity (Wildman–Crippen MR) is 71.2 cm³/mol. The zero-order chi connectivity index (χ0) is 13.0. The molecule has 1 aromatic rings. The molecule has 1 aromatic carbocycles. The highest BCUT2D eigenvalue weighted by atomic mass is 19.1. The highest BCUT2D eigenvalue weighted by molar-refractivity contribution is 5.46. The van der Waals surface area contributed by atoms with Crippen LogP contribution in [0.25, 0.3) is 0 Å². The minimum absolute atomic E-state index is 0.199. The summed E-state index contributed by atoms with van der Waals surface area (Å²) in [5.41, 5.74) is 6.65. The lowest BCUT2D eigenvalue weighted by molar-refractivity contribution is 0.0544. The minimum atomic E-state index is -0.199. The third-order valence-corrected chi connectivity index (χ3v) is 3.46. The summed E-state index contributed by atoms with van der Waals surface area (Å²) in [6.07, 6.45) is 2.55. The van der Waals surface area contributed by atoms with Crippen LogP contribution in [-0.2, 0) is 4.74 Å². The molecule has 1 saturated heterocycles. The van der Waals surface area contributed by atoms with Crippen LogP contribution >= 0.6 is 0 Å². The topological polar surface area (TPSA) is 38.5 Å². The molecule has 2 atom stereocenters. The molecule has 2 rings (SSSR count). The van der Waals surface area contributed by atoms with Crippen LogP contribution in [0.5, 0.6) is 0 Å². The van der Waals surface area contributed by atoms with E-state index >= 15 is 0 Å². The summed E-state index contributed by atoms with van der Waals surface area (Å²) in [5.74, 6) is -0.199. The summed E-state index contributed by atoms with van der Waals surface area (Å²) in [4.78, 5) is 2.21. The molecule has 0 aliphatic carbocycles. The van der Waals surface area contributed by atoms with Gasteiger partial charge in [-0.25, -0.2) is 4.39 Å². The van der Waals surface area contributed by atoms with Crippen molar-refractivity contribution in [1.29, 1.82) is 0 Å². The van der Waals surface area contributed by atoms with E-state index in [1.165, 1.54) is 12.1 Å². The molecule has 0 saturated carbocycles. The normalized spacial score (nSPS) is 23.3. The van der Waals surface area contributed by atoms with Gasteiger partial charge in [0.15, 0.2) is 0 Å². The molecule has 0 radical (unpaired) electrons. The van der Waals surface area contributed by atoms with E-state index < -0.39 is 0 Å². The van der Waals surface area contributed by atoms with Crippen molar-refractivity contribution in [2.24, 2.45) is 5.73 Å². The standard InChI is InChI=1S/C14H21FN2O/c1-2-17(12-5-3-11(15)4-6-12)10-14-8-7-13(9-16)18-14/h3-6,13-14H,2,7-10,16H2,1H3. The van der Waals surface area contributed by atoms with Crippen LogP contribution in [0.15, 0.2) is 24.3 Å². The van der Waals surface area contributed by atoms with Crippen molar-refractivity contribution >= 4 is 5.69 Å². The van der Waals surface area contributed by atoms with Crippen LogP contribution in [0, 0.1) is 5.82 Å². The zero-order valence-corrected chi connectivity index (χ0v) is 10.8. The first kappa shape index (κ1) is 13.3. The first-order chi connectivity index (χ1) is 8.72. The van der Waals surface area contributed by atoms with E-state index in [2.05, 4.69) is 11.8 Å². The summed E-state index contributed by atoms with van der Waals surface area (Å²) in [7, 11) is 0. The fourth-order valence-electron chi connectivity index (χ4n) is 2.40. The SMILES string of the molecule is CCN(CC1CCC(CN)O1)c1ccc(F)cc1. The molecule has 1 aliphatic rings. The zero-order valence-electron chi connectivity index (χ0n) is 10.8. The molecule has 2 unspecified atom stereocenters. The fourth-order valence-corrected chi connectivity index (χ4v) is 2.40. The average molecular weight is 252 g/mol. The Hall–Kier alpha value is -1.13. The van der Waals surface area contributed by atoms with E-state index in [-0.39, 0.29) is 18.0 Å². The third-order valence-electron chi connectivity index (χ3n) is 3.46. The van der Waals surface area contributed by atoms with E-state index in [9.17, 15) is 4.39 Å². The van der Waals surface area contributed by atoms with Gasteiger partial charge in [-0.2, -0.15) is 0 Å². The van der Waals surface area contributed by atoms with Crippen molar-refractivity contribution in [2.45, 2.75) is 32.0 Å². The number of hydrogen-bond acceptors (Lipinski definition) is 3. The van der Waals surface area contributed by atoms with Gasteiger partial charge in [0.25, 0.3) is 0 Å². The largest absolute Gasteiger partial charge is 0.372 e. The molecule has 1 heterocycles. The highest BCUT2D eigenvalue weighted by Gasteiger charge is 2.25. The first-order valence-corrected chi connectivity index (χ1v) is 6.59. The van der Waals surface area contributed by atoms with Gasteiger partial charge in [0.1, 0.15) is 5.82 Å². The number of nitrogens with two attached hydrogens (primary N) is 1. The monoisotopic (exact) mass is 252 g/mol. The number of hydrogen-bond donors (Lipinski definition) is 1. The number of halogens is 1. The number of nitrogens with zero attached hydrogens (tertiary/aromatic N) is 1. The molecular formula is C14H21FN2O. The van der Waals surface area contributed by atoms with Crippen molar-refractivity contribution in [3.8, 4) is 0 Å². The Balaban J connectivity index is 1.95. The van der Waals surface area contributed by atoms with Crippen molar-refractivity contribution < 1.29 is 9.13 Å². The number of ether oxygens (including phenoxy) is 1. The third kappa shape index (κ3) is 3.21. The summed E-state index contributed by atoms with van der Waals surface area (Å²) in [6.45, 7) is 4.43. The Labute approximate surface area is 108 Å². The van der Waals surface area contributed by atoms with Crippen LogP contribution in [-0.4, -0.2) is 31.8 Å². The van der Waals surface area contributed by atoms with Crippen LogP contribution in [0.2, 0.25) is 0 Å². The molecular weight excluding hydrogens is 231 g/mol. The van der Waals surface area contributed by atoms with Gasteiger partial charge in [0, 0.05) is 25.3 Å². The Morgan fingerprint density at radius 3 is 2.50 bits per heavy atom. The van der Waals surface area contributed by atoms with Gasteiger partial charge in [-0.05, 0) is 44.0 Å². The van der Waals surface area contributed by atoms with E-state index in [1.807, 2.05) is 12.1 Å². The number of benzene rings is 1. The summed E-state index contributed by atoms with van der Waals surface area (Å²) in [6, 6.07) is 6.62. The molecule has 0 aromatic heterocycles. The van der Waals surface area contributed by atoms with Crippen LogP contribution in [0.1, 0.15) is 19.8 Å². The molecule has 2 N–H and O–H groups in total. The lowest BCUT2D eigenvalue weighted by atomic mass is 10.2. The Kier molecular flexibility index (Phi) is 4.55. The van der Waals surface area contributed by atoms with Gasteiger partial charge in [0.2, 0.25) is 0 Å². The molecule has 3 nitrogen and oxygen atoms in total. The lowest BCUT2D eigenvalue weighted by Crippen LogP contribution is -2.33. The summed E-state index contributed by atoms with van der Waals surface area (Å²) < 4.78 is 18.7. The van der Waals surface area contributed by atoms with Gasteiger partial charge in [-0.15, -0.1) is 0 Å². The molecule has 1 fully saturated rings. The molecule has 0 amide bonds. The van der Waals surface area contributed by atoms with E-state index in [4.69, 9.17) is 10.5 Å². The molecule has 18 heavy (non-hydrogen) atoms. The van der Waals surface area contributed by atoms with E-state index in [0.717, 1.165) is 31.6 Å². The Morgan fingerprint density at radius 2 is 1.94 bits per heavy atom. The molecule has 100 valence electrons. The van der Waals surface area contributed by atoms with Gasteiger partial charge in [-0.1, -0.05) is 0 Å². The van der Waals surface area contributed by atoms with Gasteiger partial charge >= 0.3 is 0 Å². The quantitative estimate of drug-likeness (QED) is 0.872. The van der Waals surface area contributed by atoms with Gasteiger partial charge in [-0.3, -0.25) is 0 Å². The maximum Gasteiger partial charge on any atom is 0.123 e. The molecule has 1 aliphatic heterocycles. The second-order valence-corrected chi connectivity index (χ2v) is 4.71. The summed E-state index contributed by atoms with van der Waals surface area (Å²) in [5, 5.41) is 0. The maximum atomic E-state index is 12.9. The summed E-state index contributed by atoms with van der Waals surface area (Å²) >= 11 is 0. The number of rotatable bonds is 5. The van der Waals surface area contributed by atoms with Crippen LogP contribution in [0.3, 0.4) is 0 Å². The second kappa shape index (κ2) is 6.16. The van der Waals surface area contributed by atoms with Gasteiger partial charge in [0.05, 0.1) is 12.2 Å². The predicted octanol–water partition coefficient (Wildman–Crippen LogP) is 2.16. The van der Waals surface area contributed by atoms with E-state index in [0.29, 0.717) is 6.54 Å². The minimum Gasteiger partial charge on any atom is -0.372 e. The molecule has 0 spiro atoms. The van der Waals surface area contributed by atoms with E-state index in [1.54, 1.807) is 0 Å². The van der Waals surface area contributed by atoms with Gasteiger partial charge < -0.3 is 15.4 Å². The Morgan fingerprint density at radius 1 is 1.28 bits per heavy atom. The Bertz CT molecular complexity index is 369. The number of anilines is 1.